The number of carbonyl (C=O) groups is 2. The molecule has 0 aliphatic carbocycles. The highest BCUT2D eigenvalue weighted by Crippen LogP contribution is 2.43. The van der Waals surface area contributed by atoms with Crippen LogP contribution in [0, 0.1) is 10.1 Å². The van der Waals surface area contributed by atoms with Crippen molar-refractivity contribution >= 4 is 29.2 Å². The van der Waals surface area contributed by atoms with Gasteiger partial charge in [0, 0.05) is 35.0 Å². The number of rotatable bonds is 8. The third-order valence-corrected chi connectivity index (χ3v) is 4.86. The highest BCUT2D eigenvalue weighted by atomic mass is 35.5. The number of halogens is 1. The third-order valence-electron chi connectivity index (χ3n) is 4.68. The van der Waals surface area contributed by atoms with Crippen LogP contribution in [0.1, 0.15) is 25.3 Å². The molecule has 0 fully saturated rings. The lowest BCUT2D eigenvalue weighted by atomic mass is 9.80. The van der Waals surface area contributed by atoms with Gasteiger partial charge in [0.1, 0.15) is 12.4 Å². The van der Waals surface area contributed by atoms with Crippen LogP contribution < -0.4 is 10.1 Å². The number of alkyl halides is 1. The number of carbonyl (C=O) groups excluding carboxylic acids is 2. The Morgan fingerprint density at radius 1 is 1.13 bits per heavy atom. The standard InChI is InChI=1S/C21H23ClN2O7/c1-12-17(20(25)29-3)19(18(13(2)23-12)21(26)30-4)15-11-14(24(27)28)7-8-16(15)31-10-6-5-9-22/h5-8,11,19,23H,9-10H2,1-4H3/b6-5+. The van der Waals surface area contributed by atoms with Crippen molar-refractivity contribution in [3.8, 4) is 5.75 Å². The van der Waals surface area contributed by atoms with E-state index in [1.165, 1.54) is 32.4 Å². The summed E-state index contributed by atoms with van der Waals surface area (Å²) >= 11 is 5.62. The van der Waals surface area contributed by atoms with Crippen molar-refractivity contribution in [2.24, 2.45) is 0 Å². The zero-order valence-electron chi connectivity index (χ0n) is 17.6. The summed E-state index contributed by atoms with van der Waals surface area (Å²) in [5.74, 6) is -1.83. The first kappa shape index (κ1) is 23.9. The quantitative estimate of drug-likeness (QED) is 0.211. The summed E-state index contributed by atoms with van der Waals surface area (Å²) in [6.45, 7) is 3.44. The second-order valence-electron chi connectivity index (χ2n) is 6.53. The molecule has 10 heteroatoms. The van der Waals surface area contributed by atoms with E-state index in [1.807, 2.05) is 0 Å². The van der Waals surface area contributed by atoms with Crippen LogP contribution in [0.4, 0.5) is 5.69 Å². The fraction of sp³-hybridized carbons (Fsp3) is 0.333. The number of allylic oxidation sites excluding steroid dienone is 3. The number of nitrogens with zero attached hydrogens (tertiary/aromatic N) is 1. The van der Waals surface area contributed by atoms with Crippen LogP contribution in [0.2, 0.25) is 0 Å². The van der Waals surface area contributed by atoms with Crippen LogP contribution >= 0.6 is 11.6 Å². The van der Waals surface area contributed by atoms with E-state index in [2.05, 4.69) is 5.32 Å². The molecule has 0 unspecified atom stereocenters. The largest absolute Gasteiger partial charge is 0.489 e. The zero-order chi connectivity index (χ0) is 23.1. The molecule has 0 amide bonds. The van der Waals surface area contributed by atoms with Gasteiger partial charge in [0.15, 0.2) is 0 Å². The number of benzene rings is 1. The van der Waals surface area contributed by atoms with Gasteiger partial charge in [-0.25, -0.2) is 9.59 Å². The number of non-ortho nitro benzene ring substituents is 1. The van der Waals surface area contributed by atoms with E-state index < -0.39 is 22.8 Å². The second kappa shape index (κ2) is 10.6. The van der Waals surface area contributed by atoms with Gasteiger partial charge in [-0.15, -0.1) is 11.6 Å². The monoisotopic (exact) mass is 450 g/mol. The molecule has 0 atom stereocenters. The average Bonchev–Trinajstić information content (AvgIpc) is 2.75. The molecule has 1 aromatic carbocycles. The Hall–Kier alpha value is -3.33. The minimum atomic E-state index is -1.01. The van der Waals surface area contributed by atoms with Gasteiger partial charge >= 0.3 is 11.9 Å². The van der Waals surface area contributed by atoms with Crippen LogP contribution in [-0.2, 0) is 19.1 Å². The van der Waals surface area contributed by atoms with Crippen LogP contribution in [-0.4, -0.2) is 43.6 Å². The van der Waals surface area contributed by atoms with Crippen LogP contribution in [0.3, 0.4) is 0 Å². The van der Waals surface area contributed by atoms with Crippen molar-refractivity contribution in [1.82, 2.24) is 5.32 Å². The number of methoxy groups -OCH3 is 2. The molecule has 0 bridgehead atoms. The van der Waals surface area contributed by atoms with Crippen molar-refractivity contribution in [3.05, 3.63) is 68.6 Å². The lowest BCUT2D eigenvalue weighted by Gasteiger charge is -2.30. The van der Waals surface area contributed by atoms with Crippen LogP contribution in [0.25, 0.3) is 0 Å². The number of ether oxygens (including phenoxy) is 3. The van der Waals surface area contributed by atoms with Gasteiger partial charge in [0.25, 0.3) is 5.69 Å². The highest BCUT2D eigenvalue weighted by molar-refractivity contribution is 6.18. The summed E-state index contributed by atoms with van der Waals surface area (Å²) in [5.41, 5.74) is 1.17. The first-order valence-electron chi connectivity index (χ1n) is 9.24. The first-order valence-corrected chi connectivity index (χ1v) is 9.77. The Balaban J connectivity index is 2.77. The molecule has 1 aliphatic rings. The first-order chi connectivity index (χ1) is 14.8. The van der Waals surface area contributed by atoms with Gasteiger partial charge in [0.05, 0.1) is 36.2 Å². The highest BCUT2D eigenvalue weighted by Gasteiger charge is 2.39. The van der Waals surface area contributed by atoms with Crippen molar-refractivity contribution in [3.63, 3.8) is 0 Å². The van der Waals surface area contributed by atoms with Crippen molar-refractivity contribution in [1.29, 1.82) is 0 Å². The second-order valence-corrected chi connectivity index (χ2v) is 6.84. The molecule has 9 nitrogen and oxygen atoms in total. The normalized spacial score (nSPS) is 14.5. The summed E-state index contributed by atoms with van der Waals surface area (Å²) < 4.78 is 15.6. The Bertz CT molecular complexity index is 944. The van der Waals surface area contributed by atoms with Gasteiger partial charge in [-0.2, -0.15) is 0 Å². The molecule has 1 heterocycles. The molecule has 0 aromatic heterocycles. The van der Waals surface area contributed by atoms with E-state index in [-0.39, 0.29) is 34.8 Å². The molecule has 0 saturated heterocycles. The average molecular weight is 451 g/mol. The van der Waals surface area contributed by atoms with Gasteiger partial charge in [-0.1, -0.05) is 12.2 Å². The Kier molecular flexibility index (Phi) is 8.21. The van der Waals surface area contributed by atoms with Crippen molar-refractivity contribution < 1.29 is 28.7 Å². The SMILES string of the molecule is COC(=O)C1=C(C)NC(C)=C(C(=O)OC)C1c1cc([N+](=O)[O-])ccc1OC/C=C/CCl. The molecule has 166 valence electrons. The summed E-state index contributed by atoms with van der Waals surface area (Å²) in [4.78, 5) is 36.2. The van der Waals surface area contributed by atoms with E-state index in [0.717, 1.165) is 0 Å². The summed E-state index contributed by atoms with van der Waals surface area (Å²) in [5, 5.41) is 14.4. The van der Waals surface area contributed by atoms with Crippen molar-refractivity contribution in [2.45, 2.75) is 19.8 Å². The Morgan fingerprint density at radius 2 is 1.71 bits per heavy atom. The van der Waals surface area contributed by atoms with E-state index in [1.54, 1.807) is 26.0 Å². The van der Waals surface area contributed by atoms with Gasteiger partial charge < -0.3 is 19.5 Å². The Morgan fingerprint density at radius 3 is 2.19 bits per heavy atom. The van der Waals surface area contributed by atoms with Crippen LogP contribution in [0.15, 0.2) is 52.9 Å². The number of nitro benzene ring substituents is 1. The molecule has 2 rings (SSSR count). The van der Waals surface area contributed by atoms with E-state index in [0.29, 0.717) is 17.3 Å². The maximum atomic E-state index is 12.7. The molecule has 1 aromatic rings. The fourth-order valence-electron chi connectivity index (χ4n) is 3.34. The summed E-state index contributed by atoms with van der Waals surface area (Å²) in [7, 11) is 2.43. The van der Waals surface area contributed by atoms with Crippen molar-refractivity contribution in [2.75, 3.05) is 26.7 Å². The number of nitro groups is 1. The molecular weight excluding hydrogens is 428 g/mol. The zero-order valence-corrected chi connectivity index (χ0v) is 18.3. The molecule has 0 spiro atoms. The predicted molar refractivity (Wildman–Crippen MR) is 114 cm³/mol. The maximum absolute atomic E-state index is 12.7. The smallest absolute Gasteiger partial charge is 0.336 e. The number of hydrogen-bond donors (Lipinski definition) is 1. The number of esters is 2. The molecule has 0 saturated carbocycles. The maximum Gasteiger partial charge on any atom is 0.336 e. The van der Waals surface area contributed by atoms with Crippen LogP contribution in [0.5, 0.6) is 5.75 Å². The number of hydrogen-bond acceptors (Lipinski definition) is 8. The summed E-state index contributed by atoms with van der Waals surface area (Å²) in [6.07, 6.45) is 3.37. The number of dihydropyridines is 1. The van der Waals surface area contributed by atoms with E-state index in [4.69, 9.17) is 25.8 Å². The topological polar surface area (TPSA) is 117 Å². The molecule has 31 heavy (non-hydrogen) atoms. The molecule has 1 N–H and O–H groups in total. The minimum Gasteiger partial charge on any atom is -0.489 e. The van der Waals surface area contributed by atoms with Gasteiger partial charge in [0.2, 0.25) is 0 Å². The van der Waals surface area contributed by atoms with Gasteiger partial charge in [-0.3, -0.25) is 10.1 Å². The lowest BCUT2D eigenvalue weighted by molar-refractivity contribution is -0.384. The predicted octanol–water partition coefficient (Wildman–Crippen LogP) is 3.35. The van der Waals surface area contributed by atoms with E-state index >= 15 is 0 Å². The Labute approximate surface area is 184 Å². The fourth-order valence-corrected chi connectivity index (χ4v) is 3.47. The van der Waals surface area contributed by atoms with E-state index in [9.17, 15) is 19.7 Å². The summed E-state index contributed by atoms with van der Waals surface area (Å²) in [6, 6.07) is 4.00. The lowest BCUT2D eigenvalue weighted by Crippen LogP contribution is -2.32. The molecule has 0 radical (unpaired) electrons. The minimum absolute atomic E-state index is 0.121. The third kappa shape index (κ3) is 5.24. The number of nitrogens with one attached hydrogen (secondary N) is 1. The molecular formula is C21H23ClN2O7. The van der Waals surface area contributed by atoms with Gasteiger partial charge in [-0.05, 0) is 19.9 Å². The molecule has 1 aliphatic heterocycles.